The summed E-state index contributed by atoms with van der Waals surface area (Å²) in [6.45, 7) is 8.77. The minimum atomic E-state index is -0.297. The highest BCUT2D eigenvalue weighted by Gasteiger charge is 2.25. The molecule has 1 aromatic rings. The van der Waals surface area contributed by atoms with Crippen molar-refractivity contribution in [1.82, 2.24) is 5.32 Å². The molecule has 0 heterocycles. The molecule has 0 aliphatic heterocycles. The van der Waals surface area contributed by atoms with Gasteiger partial charge in [0.15, 0.2) is 0 Å². The summed E-state index contributed by atoms with van der Waals surface area (Å²) in [6, 6.07) is 9.75. The first-order valence-electron chi connectivity index (χ1n) is 7.40. The van der Waals surface area contributed by atoms with Crippen LogP contribution in [-0.2, 0) is 16.0 Å². The third kappa shape index (κ3) is 6.71. The van der Waals surface area contributed by atoms with Crippen LogP contribution in [0.25, 0.3) is 0 Å². The van der Waals surface area contributed by atoms with Crippen molar-refractivity contribution in [3.63, 3.8) is 0 Å². The second kappa shape index (κ2) is 8.05. The maximum Gasteiger partial charge on any atom is 0.323 e. The molecule has 0 aliphatic carbocycles. The van der Waals surface area contributed by atoms with Gasteiger partial charge < -0.3 is 4.74 Å². The molecule has 1 rings (SSSR count). The average Bonchev–Trinajstić information content (AvgIpc) is 2.38. The van der Waals surface area contributed by atoms with Crippen molar-refractivity contribution in [3.05, 3.63) is 35.9 Å². The van der Waals surface area contributed by atoms with Crippen LogP contribution < -0.4 is 5.32 Å². The normalized spacial score (nSPS) is 13.0. The summed E-state index contributed by atoms with van der Waals surface area (Å²) in [4.78, 5) is 12.2. The van der Waals surface area contributed by atoms with Crippen LogP contribution in [0, 0.1) is 0 Å². The van der Waals surface area contributed by atoms with Crippen LogP contribution in [-0.4, -0.2) is 24.2 Å². The van der Waals surface area contributed by atoms with Crippen LogP contribution in [0.2, 0.25) is 0 Å². The first-order chi connectivity index (χ1) is 9.42. The Morgan fingerprint density at radius 1 is 1.25 bits per heavy atom. The summed E-state index contributed by atoms with van der Waals surface area (Å²) in [6.07, 6.45) is 2.60. The predicted molar refractivity (Wildman–Crippen MR) is 82.7 cm³/mol. The summed E-state index contributed by atoms with van der Waals surface area (Å²) in [5.41, 5.74) is 1.02. The van der Waals surface area contributed by atoms with E-state index in [1.807, 2.05) is 30.3 Å². The zero-order chi connectivity index (χ0) is 15.0. The molecule has 0 radical (unpaired) electrons. The molecular formula is C17H27NO2. The standard InChI is InChI=1S/C17H27NO2/c1-5-6-12-20-16(19)15(18-17(2,3)4)13-14-10-8-7-9-11-14/h7-11,15,18H,5-6,12-13H2,1-4H3. The number of carbonyl (C=O) groups excluding carboxylic acids is 1. The Bertz CT molecular complexity index is 395. The highest BCUT2D eigenvalue weighted by molar-refractivity contribution is 5.76. The summed E-state index contributed by atoms with van der Waals surface area (Å²) >= 11 is 0. The second-order valence-electron chi connectivity index (χ2n) is 6.16. The van der Waals surface area contributed by atoms with E-state index in [4.69, 9.17) is 4.74 Å². The van der Waals surface area contributed by atoms with Crippen molar-refractivity contribution in [1.29, 1.82) is 0 Å². The number of rotatable bonds is 7. The number of benzene rings is 1. The van der Waals surface area contributed by atoms with Gasteiger partial charge in [-0.1, -0.05) is 43.7 Å². The van der Waals surface area contributed by atoms with E-state index in [2.05, 4.69) is 33.0 Å². The largest absolute Gasteiger partial charge is 0.465 e. The molecule has 112 valence electrons. The smallest absolute Gasteiger partial charge is 0.323 e. The zero-order valence-corrected chi connectivity index (χ0v) is 13.1. The van der Waals surface area contributed by atoms with Crippen LogP contribution in [0.4, 0.5) is 0 Å². The fourth-order valence-corrected chi connectivity index (χ4v) is 1.98. The Kier molecular flexibility index (Phi) is 6.73. The number of esters is 1. The van der Waals surface area contributed by atoms with E-state index < -0.39 is 0 Å². The van der Waals surface area contributed by atoms with Crippen molar-refractivity contribution in [3.8, 4) is 0 Å². The maximum atomic E-state index is 12.2. The Morgan fingerprint density at radius 3 is 2.45 bits per heavy atom. The molecular weight excluding hydrogens is 250 g/mol. The Hall–Kier alpha value is -1.35. The van der Waals surface area contributed by atoms with Gasteiger partial charge >= 0.3 is 5.97 Å². The highest BCUT2D eigenvalue weighted by atomic mass is 16.5. The quantitative estimate of drug-likeness (QED) is 0.613. The third-order valence-electron chi connectivity index (χ3n) is 2.92. The molecule has 0 saturated carbocycles. The average molecular weight is 277 g/mol. The van der Waals surface area contributed by atoms with Gasteiger partial charge in [-0.25, -0.2) is 0 Å². The fourth-order valence-electron chi connectivity index (χ4n) is 1.98. The van der Waals surface area contributed by atoms with Gasteiger partial charge in [0.25, 0.3) is 0 Å². The lowest BCUT2D eigenvalue weighted by atomic mass is 10.0. The Balaban J connectivity index is 2.67. The van der Waals surface area contributed by atoms with E-state index >= 15 is 0 Å². The molecule has 3 heteroatoms. The Labute approximate surface area is 122 Å². The first-order valence-corrected chi connectivity index (χ1v) is 7.40. The molecule has 0 aromatic heterocycles. The van der Waals surface area contributed by atoms with Crippen molar-refractivity contribution in [2.24, 2.45) is 0 Å². The molecule has 0 fully saturated rings. The van der Waals surface area contributed by atoms with Gasteiger partial charge in [0, 0.05) is 5.54 Å². The molecule has 20 heavy (non-hydrogen) atoms. The minimum Gasteiger partial charge on any atom is -0.465 e. The van der Waals surface area contributed by atoms with Crippen molar-refractivity contribution >= 4 is 5.97 Å². The van der Waals surface area contributed by atoms with Crippen LogP contribution >= 0.6 is 0 Å². The Morgan fingerprint density at radius 2 is 1.90 bits per heavy atom. The summed E-state index contributed by atoms with van der Waals surface area (Å²) in [7, 11) is 0. The molecule has 3 nitrogen and oxygen atoms in total. The van der Waals surface area contributed by atoms with Crippen LogP contribution in [0.5, 0.6) is 0 Å². The maximum absolute atomic E-state index is 12.2. The van der Waals surface area contributed by atoms with E-state index in [1.54, 1.807) is 0 Å². The minimum absolute atomic E-state index is 0.122. The van der Waals surface area contributed by atoms with E-state index in [9.17, 15) is 4.79 Å². The monoisotopic (exact) mass is 277 g/mol. The number of ether oxygens (including phenoxy) is 1. The van der Waals surface area contributed by atoms with E-state index in [1.165, 1.54) is 0 Å². The lowest BCUT2D eigenvalue weighted by Crippen LogP contribution is -2.49. The molecule has 1 atom stereocenters. The molecule has 1 unspecified atom stereocenters. The number of nitrogens with one attached hydrogen (secondary N) is 1. The predicted octanol–water partition coefficient (Wildman–Crippen LogP) is 3.33. The lowest BCUT2D eigenvalue weighted by molar-refractivity contribution is -0.146. The van der Waals surface area contributed by atoms with Crippen LogP contribution in [0.1, 0.15) is 46.1 Å². The van der Waals surface area contributed by atoms with Gasteiger partial charge in [0.05, 0.1) is 6.61 Å². The SMILES string of the molecule is CCCCOC(=O)C(Cc1ccccc1)NC(C)(C)C. The van der Waals surface area contributed by atoms with Gasteiger partial charge in [0.2, 0.25) is 0 Å². The van der Waals surface area contributed by atoms with Crippen molar-refractivity contribution < 1.29 is 9.53 Å². The van der Waals surface area contributed by atoms with Gasteiger partial charge in [-0.15, -0.1) is 0 Å². The van der Waals surface area contributed by atoms with E-state index in [-0.39, 0.29) is 17.6 Å². The highest BCUT2D eigenvalue weighted by Crippen LogP contribution is 2.09. The van der Waals surface area contributed by atoms with E-state index in [0.29, 0.717) is 13.0 Å². The zero-order valence-electron chi connectivity index (χ0n) is 13.1. The lowest BCUT2D eigenvalue weighted by Gasteiger charge is -2.27. The van der Waals surface area contributed by atoms with Crippen molar-refractivity contribution in [2.75, 3.05) is 6.61 Å². The summed E-state index contributed by atoms with van der Waals surface area (Å²) in [5.74, 6) is -0.155. The third-order valence-corrected chi connectivity index (χ3v) is 2.92. The van der Waals surface area contributed by atoms with Crippen LogP contribution in [0.3, 0.4) is 0 Å². The first kappa shape index (κ1) is 16.7. The molecule has 0 saturated heterocycles. The van der Waals surface area contributed by atoms with E-state index in [0.717, 1.165) is 18.4 Å². The van der Waals surface area contributed by atoms with Crippen LogP contribution in [0.15, 0.2) is 30.3 Å². The number of hydrogen-bond acceptors (Lipinski definition) is 3. The fraction of sp³-hybridized carbons (Fsp3) is 0.588. The summed E-state index contributed by atoms with van der Waals surface area (Å²) in [5, 5.41) is 3.36. The molecule has 1 aromatic carbocycles. The van der Waals surface area contributed by atoms with Gasteiger partial charge in [-0.05, 0) is 39.2 Å². The van der Waals surface area contributed by atoms with Crippen molar-refractivity contribution in [2.45, 2.75) is 58.5 Å². The second-order valence-corrected chi connectivity index (χ2v) is 6.16. The van der Waals surface area contributed by atoms with Gasteiger partial charge in [-0.3, -0.25) is 10.1 Å². The number of hydrogen-bond donors (Lipinski definition) is 1. The van der Waals surface area contributed by atoms with Gasteiger partial charge in [0.1, 0.15) is 6.04 Å². The summed E-state index contributed by atoms with van der Waals surface area (Å²) < 4.78 is 5.36. The molecule has 0 amide bonds. The van der Waals surface area contributed by atoms with Gasteiger partial charge in [-0.2, -0.15) is 0 Å². The molecule has 1 N–H and O–H groups in total. The topological polar surface area (TPSA) is 38.3 Å². The number of unbranched alkanes of at least 4 members (excludes halogenated alkanes) is 1. The molecule has 0 bridgehead atoms. The molecule has 0 aliphatic rings. The number of carbonyl (C=O) groups is 1. The molecule has 0 spiro atoms.